The van der Waals surface area contributed by atoms with Gasteiger partial charge in [0.15, 0.2) is 5.30 Å². The molecule has 0 spiro atoms. The molecule has 1 unspecified atom stereocenters. The third-order valence-electron chi connectivity index (χ3n) is 2.80. The second-order valence-electron chi connectivity index (χ2n) is 6.36. The summed E-state index contributed by atoms with van der Waals surface area (Å²) in [6, 6.07) is 6.31. The fourth-order valence-electron chi connectivity index (χ4n) is 1.72. The van der Waals surface area contributed by atoms with E-state index in [-0.39, 0.29) is 19.3 Å². The molecule has 1 aromatic rings. The van der Waals surface area contributed by atoms with E-state index < -0.39 is 0 Å². The van der Waals surface area contributed by atoms with E-state index in [0.717, 1.165) is 5.30 Å². The zero-order valence-corrected chi connectivity index (χ0v) is 12.1. The lowest BCUT2D eigenvalue weighted by Gasteiger charge is -2.24. The first-order valence-corrected chi connectivity index (χ1v) is 6.60. The molecule has 0 saturated carbocycles. The van der Waals surface area contributed by atoms with Gasteiger partial charge in [-0.3, -0.25) is 0 Å². The molecule has 0 aliphatic carbocycles. The molecule has 1 nitrogen and oxygen atoms in total. The minimum absolute atomic E-state index is 0.0496. The lowest BCUT2D eigenvalue weighted by atomic mass is 9.81. The molecule has 16 heavy (non-hydrogen) atoms. The zero-order chi connectivity index (χ0) is 12.6. The second kappa shape index (κ2) is 4.30. The highest BCUT2D eigenvalue weighted by Gasteiger charge is 2.25. The van der Waals surface area contributed by atoms with Gasteiger partial charge in [-0.25, -0.2) is 0 Å². The molecule has 0 aliphatic rings. The summed E-state index contributed by atoms with van der Waals surface area (Å²) in [6.45, 7) is 13.1. The van der Waals surface area contributed by atoms with E-state index in [4.69, 9.17) is 0 Å². The quantitative estimate of drug-likeness (QED) is 0.676. The third kappa shape index (κ3) is 2.92. The maximum absolute atomic E-state index is 11.2. The van der Waals surface area contributed by atoms with E-state index >= 15 is 0 Å². The third-order valence-corrected chi connectivity index (χ3v) is 3.46. The van der Waals surface area contributed by atoms with Crippen LogP contribution in [0.25, 0.3) is 0 Å². The molecule has 1 rings (SSSR count). The lowest BCUT2D eigenvalue weighted by Crippen LogP contribution is -2.22. The SMILES string of the molecule is CC(C)(C)c1ccc([PH+]=O)c(C(C)(C)C)c1. The summed E-state index contributed by atoms with van der Waals surface area (Å²) in [5.41, 5.74) is 2.70. The van der Waals surface area contributed by atoms with Crippen molar-refractivity contribution in [2.75, 3.05) is 0 Å². The Hall–Kier alpha value is -0.680. The van der Waals surface area contributed by atoms with Gasteiger partial charge in [0.25, 0.3) is 0 Å². The smallest absolute Gasteiger partial charge is 0.0707 e. The van der Waals surface area contributed by atoms with Crippen molar-refractivity contribution in [1.82, 2.24) is 0 Å². The van der Waals surface area contributed by atoms with Crippen molar-refractivity contribution in [2.24, 2.45) is 0 Å². The van der Waals surface area contributed by atoms with E-state index in [9.17, 15) is 4.57 Å². The van der Waals surface area contributed by atoms with Gasteiger partial charge in [0, 0.05) is 5.56 Å². The summed E-state index contributed by atoms with van der Waals surface area (Å²) < 4.78 is 11.2. The normalized spacial score (nSPS) is 13.1. The Balaban J connectivity index is 3.39. The summed E-state index contributed by atoms with van der Waals surface area (Å²) in [5.74, 6) is 0. The van der Waals surface area contributed by atoms with Gasteiger partial charge < -0.3 is 0 Å². The molecular weight excluding hydrogens is 215 g/mol. The first-order valence-electron chi connectivity index (χ1n) is 5.69. The van der Waals surface area contributed by atoms with Gasteiger partial charge in [0.2, 0.25) is 0 Å². The average Bonchev–Trinajstić information content (AvgIpc) is 2.14. The molecule has 0 bridgehead atoms. The molecule has 2 heteroatoms. The summed E-state index contributed by atoms with van der Waals surface area (Å²) in [7, 11) is -0.368. The predicted octanol–water partition coefficient (Wildman–Crippen LogP) is 3.93. The van der Waals surface area contributed by atoms with Gasteiger partial charge in [-0.1, -0.05) is 58.2 Å². The van der Waals surface area contributed by atoms with E-state index in [1.807, 2.05) is 6.07 Å². The lowest BCUT2D eigenvalue weighted by molar-refractivity contribution is 0.569. The van der Waals surface area contributed by atoms with E-state index in [2.05, 4.69) is 53.7 Å². The molecule has 1 atom stereocenters. The molecule has 0 heterocycles. The summed E-state index contributed by atoms with van der Waals surface area (Å²) in [5, 5.41) is 0.959. The Labute approximate surface area is 100 Å². The van der Waals surface area contributed by atoms with Crippen LogP contribution in [0.15, 0.2) is 18.2 Å². The first kappa shape index (κ1) is 13.4. The van der Waals surface area contributed by atoms with E-state index in [1.54, 1.807) is 0 Å². The highest BCUT2D eigenvalue weighted by Crippen LogP contribution is 2.28. The number of hydrogen-bond donors (Lipinski definition) is 0. The monoisotopic (exact) mass is 237 g/mol. The minimum atomic E-state index is -0.368. The van der Waals surface area contributed by atoms with Crippen LogP contribution in [0.5, 0.6) is 0 Å². The fraction of sp³-hybridized carbons (Fsp3) is 0.571. The van der Waals surface area contributed by atoms with Gasteiger partial charge >= 0.3 is 8.46 Å². The highest BCUT2D eigenvalue weighted by molar-refractivity contribution is 7.34. The maximum Gasteiger partial charge on any atom is 0.363 e. The predicted molar refractivity (Wildman–Crippen MR) is 72.5 cm³/mol. The molecule has 0 saturated heterocycles. The van der Waals surface area contributed by atoms with Crippen LogP contribution in [0.3, 0.4) is 0 Å². The number of hydrogen-bond acceptors (Lipinski definition) is 1. The molecule has 0 fully saturated rings. The van der Waals surface area contributed by atoms with Crippen LogP contribution in [-0.4, -0.2) is 0 Å². The Morgan fingerprint density at radius 2 is 1.50 bits per heavy atom. The van der Waals surface area contributed by atoms with Crippen LogP contribution in [-0.2, 0) is 15.4 Å². The van der Waals surface area contributed by atoms with Crippen LogP contribution < -0.4 is 5.30 Å². The van der Waals surface area contributed by atoms with Crippen LogP contribution in [0.4, 0.5) is 0 Å². The van der Waals surface area contributed by atoms with Crippen LogP contribution in [0.2, 0.25) is 0 Å². The summed E-state index contributed by atoms with van der Waals surface area (Å²) in [6.07, 6.45) is 0. The second-order valence-corrected chi connectivity index (χ2v) is 7.11. The highest BCUT2D eigenvalue weighted by atomic mass is 31.1. The standard InChI is InChI=1S/C14H21OP/c1-13(2,3)10-7-8-12(16-15)11(9-10)14(4,5)6/h7-9H,1-6H3/p+1. The van der Waals surface area contributed by atoms with Crippen molar-refractivity contribution in [2.45, 2.75) is 52.4 Å². The van der Waals surface area contributed by atoms with Gasteiger partial charge in [-0.2, -0.15) is 0 Å². The van der Waals surface area contributed by atoms with Crippen LogP contribution >= 0.6 is 8.46 Å². The number of benzene rings is 1. The molecule has 0 radical (unpaired) electrons. The van der Waals surface area contributed by atoms with Gasteiger partial charge in [0.1, 0.15) is 0 Å². The Morgan fingerprint density at radius 1 is 0.938 bits per heavy atom. The maximum atomic E-state index is 11.2. The topological polar surface area (TPSA) is 17.1 Å². The number of rotatable bonds is 1. The molecule has 0 amide bonds. The Bertz CT molecular complexity index is 394. The van der Waals surface area contributed by atoms with Crippen LogP contribution in [0, 0.1) is 0 Å². The largest absolute Gasteiger partial charge is 0.363 e. The molecule has 0 aromatic heterocycles. The van der Waals surface area contributed by atoms with Gasteiger partial charge in [-0.15, -0.1) is 0 Å². The average molecular weight is 237 g/mol. The van der Waals surface area contributed by atoms with Gasteiger partial charge in [-0.05, 0) is 22.5 Å². The summed E-state index contributed by atoms with van der Waals surface area (Å²) >= 11 is 0. The molecule has 0 aliphatic heterocycles. The Morgan fingerprint density at radius 3 is 1.88 bits per heavy atom. The van der Waals surface area contributed by atoms with Gasteiger partial charge in [0.05, 0.1) is 0 Å². The van der Waals surface area contributed by atoms with Crippen molar-refractivity contribution in [3.05, 3.63) is 29.3 Å². The molecule has 1 aromatic carbocycles. The van der Waals surface area contributed by atoms with Crippen molar-refractivity contribution >= 4 is 13.8 Å². The van der Waals surface area contributed by atoms with Crippen molar-refractivity contribution in [3.8, 4) is 0 Å². The summed E-state index contributed by atoms with van der Waals surface area (Å²) in [4.78, 5) is 0. The van der Waals surface area contributed by atoms with E-state index in [0.29, 0.717) is 0 Å². The zero-order valence-electron chi connectivity index (χ0n) is 11.1. The van der Waals surface area contributed by atoms with Crippen molar-refractivity contribution in [3.63, 3.8) is 0 Å². The molecular formula is C14H22OP+. The van der Waals surface area contributed by atoms with Crippen molar-refractivity contribution < 1.29 is 4.57 Å². The van der Waals surface area contributed by atoms with Crippen molar-refractivity contribution in [1.29, 1.82) is 0 Å². The first-order chi connectivity index (χ1) is 7.16. The molecule has 0 N–H and O–H groups in total. The van der Waals surface area contributed by atoms with E-state index in [1.165, 1.54) is 11.1 Å². The fourth-order valence-corrected chi connectivity index (χ4v) is 2.43. The minimum Gasteiger partial charge on any atom is -0.0707 e. The Kier molecular flexibility index (Phi) is 3.59. The van der Waals surface area contributed by atoms with Crippen LogP contribution in [0.1, 0.15) is 52.7 Å². The molecule has 88 valence electrons.